The summed E-state index contributed by atoms with van der Waals surface area (Å²) in [5.74, 6) is 2.62. The minimum Gasteiger partial charge on any atom is -0.199 e. The largest absolute Gasteiger partial charge is 0.208 e. The summed E-state index contributed by atoms with van der Waals surface area (Å²) in [6, 6.07) is 8.30. The van der Waals surface area contributed by atoms with Crippen LogP contribution in [0.25, 0.3) is 11.1 Å². The van der Waals surface area contributed by atoms with E-state index in [-0.39, 0.29) is 0 Å². The van der Waals surface area contributed by atoms with Crippen LogP contribution >= 0.6 is 0 Å². The highest BCUT2D eigenvalue weighted by atomic mass is 15.3. The van der Waals surface area contributed by atoms with Gasteiger partial charge in [-0.25, -0.2) is 0 Å². The van der Waals surface area contributed by atoms with Crippen LogP contribution in [0.3, 0.4) is 0 Å². The van der Waals surface area contributed by atoms with E-state index >= 15 is 0 Å². The van der Waals surface area contributed by atoms with Gasteiger partial charge < -0.3 is 0 Å². The lowest BCUT2D eigenvalue weighted by Gasteiger charge is -2.00. The van der Waals surface area contributed by atoms with Gasteiger partial charge in [-0.15, -0.1) is 6.42 Å². The Morgan fingerprint density at radius 3 is 2.14 bits per heavy atom. The van der Waals surface area contributed by atoms with Crippen molar-refractivity contribution in [2.75, 3.05) is 0 Å². The van der Waals surface area contributed by atoms with Crippen LogP contribution in [0.1, 0.15) is 5.69 Å². The molecule has 1 N–H and O–H groups in total. The molecule has 0 aliphatic heterocycles. The number of hydrogen-bond acceptors (Lipinski definition) is 2. The van der Waals surface area contributed by atoms with Crippen LogP contribution in [0, 0.1) is 12.3 Å². The maximum Gasteiger partial charge on any atom is 0.208 e. The van der Waals surface area contributed by atoms with Gasteiger partial charge in [0.15, 0.2) is 31.3 Å². The van der Waals surface area contributed by atoms with Gasteiger partial charge >= 0.3 is 0 Å². The van der Waals surface area contributed by atoms with Gasteiger partial charge in [0.2, 0.25) is 6.54 Å². The second-order valence-electron chi connectivity index (χ2n) is 4.68. The summed E-state index contributed by atoms with van der Waals surface area (Å²) < 4.78 is 4.03. The number of H-pyrrole nitrogens is 1. The summed E-state index contributed by atoms with van der Waals surface area (Å²) >= 11 is 0. The topological polar surface area (TPSA) is 49.3 Å². The lowest BCUT2D eigenvalue weighted by Crippen LogP contribution is -2.33. The fraction of sp³-hybridized carbons (Fsp3) is 0.125. The zero-order valence-electron chi connectivity index (χ0n) is 11.5. The summed E-state index contributed by atoms with van der Waals surface area (Å²) in [6.07, 6.45) is 15.1. The number of rotatable bonds is 4. The fourth-order valence-electron chi connectivity index (χ4n) is 2.10. The van der Waals surface area contributed by atoms with Gasteiger partial charge in [-0.1, -0.05) is 0 Å². The van der Waals surface area contributed by atoms with Crippen LogP contribution in [-0.2, 0) is 13.1 Å². The number of aromatic nitrogens is 5. The maximum absolute atomic E-state index is 5.30. The monoisotopic (exact) mass is 277 g/mol. The van der Waals surface area contributed by atoms with Gasteiger partial charge in [-0.2, -0.15) is 24.5 Å². The van der Waals surface area contributed by atoms with E-state index in [0.29, 0.717) is 13.1 Å². The molecule has 21 heavy (non-hydrogen) atoms. The number of nitrogens with one attached hydrogen (secondary N) is 1. The van der Waals surface area contributed by atoms with Crippen LogP contribution < -0.4 is 9.13 Å². The molecule has 5 heteroatoms. The molecule has 0 aliphatic rings. The van der Waals surface area contributed by atoms with E-state index in [4.69, 9.17) is 6.42 Å². The lowest BCUT2D eigenvalue weighted by molar-refractivity contribution is -0.688. The standard InChI is InChI=1S/C16H14N5/c1-2-7-20-8-3-14(4-9-20)15-5-10-21(11-6-15)13-16-12-17-19-18-16/h1,3-6,8-12H,7,13H2/q+1/p+1. The zero-order chi connectivity index (χ0) is 14.5. The summed E-state index contributed by atoms with van der Waals surface area (Å²) in [5, 5.41) is 10.5. The Bertz CT molecular complexity index is 737. The minimum absolute atomic E-state index is 0.590. The van der Waals surface area contributed by atoms with Gasteiger partial charge in [0, 0.05) is 24.3 Å². The Morgan fingerprint density at radius 2 is 1.62 bits per heavy atom. The van der Waals surface area contributed by atoms with Crippen molar-refractivity contribution < 1.29 is 9.13 Å². The van der Waals surface area contributed by atoms with Crippen molar-refractivity contribution in [3.8, 4) is 23.5 Å². The van der Waals surface area contributed by atoms with Gasteiger partial charge in [0.05, 0.1) is 6.20 Å². The van der Waals surface area contributed by atoms with E-state index in [9.17, 15) is 0 Å². The van der Waals surface area contributed by atoms with Crippen molar-refractivity contribution in [1.82, 2.24) is 15.4 Å². The molecule has 0 saturated carbocycles. The van der Waals surface area contributed by atoms with Gasteiger partial charge in [-0.05, 0) is 17.0 Å². The van der Waals surface area contributed by atoms with Crippen LogP contribution in [0.2, 0.25) is 0 Å². The predicted octanol–water partition coefficient (Wildman–Crippen LogP) is 0.728. The summed E-state index contributed by atoms with van der Waals surface area (Å²) in [7, 11) is 0. The van der Waals surface area contributed by atoms with E-state index in [2.05, 4.69) is 50.2 Å². The number of hydrogen-bond donors (Lipinski definition) is 1. The van der Waals surface area contributed by atoms with E-state index in [0.717, 1.165) is 11.3 Å². The molecular weight excluding hydrogens is 262 g/mol. The second kappa shape index (κ2) is 5.97. The molecule has 0 bridgehead atoms. The first kappa shape index (κ1) is 13.0. The van der Waals surface area contributed by atoms with Gasteiger partial charge in [0.1, 0.15) is 5.69 Å². The lowest BCUT2D eigenvalue weighted by atomic mass is 10.1. The summed E-state index contributed by atoms with van der Waals surface area (Å²) in [5.41, 5.74) is 3.24. The third-order valence-corrected chi connectivity index (χ3v) is 3.20. The number of nitrogens with zero attached hydrogens (tertiary/aromatic N) is 4. The minimum atomic E-state index is 0.590. The highest BCUT2D eigenvalue weighted by Gasteiger charge is 2.07. The molecular formula is C16H15N5+2. The molecule has 0 spiro atoms. The SMILES string of the molecule is C#CC[n+]1ccc(-c2cc[n+](Cc3cn[nH]n3)cc2)cc1. The Kier molecular flexibility index (Phi) is 3.70. The van der Waals surface area contributed by atoms with Crippen LogP contribution in [-0.4, -0.2) is 15.4 Å². The highest BCUT2D eigenvalue weighted by Crippen LogP contribution is 2.15. The molecule has 0 atom stereocenters. The molecule has 5 nitrogen and oxygen atoms in total. The fourth-order valence-corrected chi connectivity index (χ4v) is 2.10. The van der Waals surface area contributed by atoms with E-state index in [1.54, 1.807) is 6.20 Å². The van der Waals surface area contributed by atoms with Crippen molar-refractivity contribution in [3.63, 3.8) is 0 Å². The Labute approximate surface area is 122 Å². The average molecular weight is 277 g/mol. The molecule has 102 valence electrons. The van der Waals surface area contributed by atoms with E-state index < -0.39 is 0 Å². The van der Waals surface area contributed by atoms with Crippen LogP contribution in [0.4, 0.5) is 0 Å². The molecule has 0 fully saturated rings. The highest BCUT2D eigenvalue weighted by molar-refractivity contribution is 5.60. The molecule has 3 aromatic heterocycles. The number of terminal acetylenes is 1. The predicted molar refractivity (Wildman–Crippen MR) is 76.6 cm³/mol. The number of pyridine rings is 2. The normalized spacial score (nSPS) is 10.2. The van der Waals surface area contributed by atoms with Gasteiger partial charge in [-0.3, -0.25) is 0 Å². The van der Waals surface area contributed by atoms with Crippen molar-refractivity contribution in [2.24, 2.45) is 0 Å². The van der Waals surface area contributed by atoms with Crippen LogP contribution in [0.15, 0.2) is 55.2 Å². The molecule has 0 amide bonds. The second-order valence-corrected chi connectivity index (χ2v) is 4.68. The quantitative estimate of drug-likeness (QED) is 0.564. The Hall–Kier alpha value is -3.00. The molecule has 0 radical (unpaired) electrons. The van der Waals surface area contributed by atoms with E-state index in [1.807, 2.05) is 29.4 Å². The Balaban J connectivity index is 1.76. The van der Waals surface area contributed by atoms with Crippen molar-refractivity contribution in [1.29, 1.82) is 0 Å². The number of aromatic amines is 1. The molecule has 3 aromatic rings. The van der Waals surface area contributed by atoms with Crippen molar-refractivity contribution >= 4 is 0 Å². The van der Waals surface area contributed by atoms with Gasteiger partial charge in [0.25, 0.3) is 0 Å². The molecule has 0 aliphatic carbocycles. The first-order valence-electron chi connectivity index (χ1n) is 6.62. The first-order valence-corrected chi connectivity index (χ1v) is 6.62. The third-order valence-electron chi connectivity index (χ3n) is 3.20. The smallest absolute Gasteiger partial charge is 0.199 e. The van der Waals surface area contributed by atoms with Crippen molar-refractivity contribution in [2.45, 2.75) is 13.1 Å². The molecule has 0 unspecified atom stereocenters. The Morgan fingerprint density at radius 1 is 1.00 bits per heavy atom. The maximum atomic E-state index is 5.30. The molecule has 3 rings (SSSR count). The summed E-state index contributed by atoms with van der Waals surface area (Å²) in [6.45, 7) is 1.29. The average Bonchev–Trinajstić information content (AvgIpc) is 3.02. The zero-order valence-corrected chi connectivity index (χ0v) is 11.5. The molecule has 3 heterocycles. The van der Waals surface area contributed by atoms with Crippen LogP contribution in [0.5, 0.6) is 0 Å². The molecule has 0 saturated heterocycles. The summed E-state index contributed by atoms with van der Waals surface area (Å²) in [4.78, 5) is 0. The molecule has 0 aromatic carbocycles. The third kappa shape index (κ3) is 3.12. The first-order chi connectivity index (χ1) is 10.3. The van der Waals surface area contributed by atoms with Crippen molar-refractivity contribution in [3.05, 3.63) is 60.9 Å². The van der Waals surface area contributed by atoms with E-state index in [1.165, 1.54) is 5.56 Å².